The predicted molar refractivity (Wildman–Crippen MR) is 104 cm³/mol. The average molecular weight is 407 g/mol. The number of rotatable bonds is 4. The number of carbonyl (C=O) groups excluding carboxylic acids is 1. The molecule has 0 radical (unpaired) electrons. The fourth-order valence-electron chi connectivity index (χ4n) is 2.80. The third-order valence-electron chi connectivity index (χ3n) is 4.05. The average Bonchev–Trinajstić information content (AvgIpc) is 3.10. The minimum absolute atomic E-state index is 0.134. The molecule has 0 aliphatic carbocycles. The van der Waals surface area contributed by atoms with Crippen molar-refractivity contribution < 1.29 is 4.79 Å². The second kappa shape index (κ2) is 7.09. The van der Waals surface area contributed by atoms with E-state index in [0.717, 1.165) is 15.7 Å². The van der Waals surface area contributed by atoms with Gasteiger partial charge in [-0.15, -0.1) is 0 Å². The molecular weight excluding hydrogens is 392 g/mol. The highest BCUT2D eigenvalue weighted by atomic mass is 79.9. The Morgan fingerprint density at radius 1 is 1.00 bits per heavy atom. The lowest BCUT2D eigenvalue weighted by atomic mass is 10.1. The van der Waals surface area contributed by atoms with Gasteiger partial charge in [0.05, 0.1) is 17.2 Å². The highest BCUT2D eigenvalue weighted by Gasteiger charge is 2.22. The number of fused-ring (bicyclic) bond motifs is 1. The van der Waals surface area contributed by atoms with E-state index < -0.39 is 0 Å². The van der Waals surface area contributed by atoms with Crippen molar-refractivity contribution in [1.29, 1.82) is 0 Å². The Hall–Kier alpha value is -2.99. The Bertz CT molecular complexity index is 1050. The molecule has 0 spiro atoms. The molecule has 2 aromatic heterocycles. The molecular formula is C20H15BrN4O. The molecule has 0 aliphatic rings. The molecule has 0 saturated carbocycles. The van der Waals surface area contributed by atoms with Crippen molar-refractivity contribution in [1.82, 2.24) is 14.6 Å². The van der Waals surface area contributed by atoms with E-state index in [2.05, 4.69) is 26.0 Å². The summed E-state index contributed by atoms with van der Waals surface area (Å²) in [6.07, 6.45) is 5.01. The molecule has 26 heavy (non-hydrogen) atoms. The minimum atomic E-state index is -0.134. The van der Waals surface area contributed by atoms with Crippen LogP contribution in [0.1, 0.15) is 15.9 Å². The third kappa shape index (κ3) is 3.23. The molecule has 2 heterocycles. The molecule has 128 valence electrons. The van der Waals surface area contributed by atoms with E-state index in [1.54, 1.807) is 28.0 Å². The summed E-state index contributed by atoms with van der Waals surface area (Å²) in [4.78, 5) is 19.4. The minimum Gasteiger partial charge on any atom is -0.304 e. The van der Waals surface area contributed by atoms with Crippen LogP contribution in [-0.2, 0) is 6.54 Å². The van der Waals surface area contributed by atoms with Crippen molar-refractivity contribution in [2.24, 2.45) is 0 Å². The Kier molecular flexibility index (Phi) is 4.50. The number of hydrogen-bond donors (Lipinski definition) is 0. The van der Waals surface area contributed by atoms with Crippen LogP contribution in [0.5, 0.6) is 0 Å². The SMILES string of the molecule is O=C(c1cnn2cc(Br)cnc12)N(Cc1ccccc1)c1ccccc1. The predicted octanol–water partition coefficient (Wildman–Crippen LogP) is 4.34. The van der Waals surface area contributed by atoms with Crippen LogP contribution in [0.25, 0.3) is 5.65 Å². The third-order valence-corrected chi connectivity index (χ3v) is 4.46. The largest absolute Gasteiger partial charge is 0.304 e. The van der Waals surface area contributed by atoms with Crippen LogP contribution in [0.2, 0.25) is 0 Å². The molecule has 0 aliphatic heterocycles. The molecule has 0 N–H and O–H groups in total. The molecule has 0 bridgehead atoms. The van der Waals surface area contributed by atoms with E-state index in [-0.39, 0.29) is 5.91 Å². The fraction of sp³-hybridized carbons (Fsp3) is 0.0500. The maximum Gasteiger partial charge on any atom is 0.264 e. The summed E-state index contributed by atoms with van der Waals surface area (Å²) in [5.74, 6) is -0.134. The number of benzene rings is 2. The monoisotopic (exact) mass is 406 g/mol. The number of anilines is 1. The van der Waals surface area contributed by atoms with Gasteiger partial charge in [0.25, 0.3) is 5.91 Å². The molecule has 4 aromatic rings. The quantitative estimate of drug-likeness (QED) is 0.506. The highest BCUT2D eigenvalue weighted by Crippen LogP contribution is 2.22. The van der Waals surface area contributed by atoms with Gasteiger partial charge >= 0.3 is 0 Å². The van der Waals surface area contributed by atoms with Crippen molar-refractivity contribution in [3.8, 4) is 0 Å². The Morgan fingerprint density at radius 3 is 2.42 bits per heavy atom. The van der Waals surface area contributed by atoms with Crippen LogP contribution in [0.4, 0.5) is 5.69 Å². The van der Waals surface area contributed by atoms with Crippen LogP contribution in [0.3, 0.4) is 0 Å². The number of halogens is 1. The van der Waals surface area contributed by atoms with Gasteiger partial charge in [0.1, 0.15) is 5.56 Å². The number of aromatic nitrogens is 3. The van der Waals surface area contributed by atoms with Crippen LogP contribution < -0.4 is 4.90 Å². The number of carbonyl (C=O) groups is 1. The van der Waals surface area contributed by atoms with E-state index in [1.807, 2.05) is 60.7 Å². The second-order valence-corrected chi connectivity index (χ2v) is 6.73. The topological polar surface area (TPSA) is 50.5 Å². The van der Waals surface area contributed by atoms with Crippen LogP contribution >= 0.6 is 15.9 Å². The molecule has 1 amide bonds. The summed E-state index contributed by atoms with van der Waals surface area (Å²) >= 11 is 3.37. The van der Waals surface area contributed by atoms with Gasteiger partial charge in [-0.3, -0.25) is 4.79 Å². The standard InChI is InChI=1S/C20H15BrN4O/c21-16-11-22-19-18(12-23-25(19)14-16)20(26)24(17-9-5-2-6-10-17)13-15-7-3-1-4-8-15/h1-12,14H,13H2. The highest BCUT2D eigenvalue weighted by molar-refractivity contribution is 9.10. The van der Waals surface area contributed by atoms with Gasteiger partial charge in [-0.05, 0) is 33.6 Å². The first-order valence-electron chi connectivity index (χ1n) is 8.12. The number of nitrogens with zero attached hydrogens (tertiary/aromatic N) is 4. The zero-order valence-corrected chi connectivity index (χ0v) is 15.4. The van der Waals surface area contributed by atoms with Crippen molar-refractivity contribution in [2.45, 2.75) is 6.54 Å². The maximum absolute atomic E-state index is 13.3. The van der Waals surface area contributed by atoms with E-state index in [4.69, 9.17) is 0 Å². The van der Waals surface area contributed by atoms with Crippen molar-refractivity contribution in [3.05, 3.63) is 94.9 Å². The van der Waals surface area contributed by atoms with E-state index in [1.165, 1.54) is 0 Å². The van der Waals surface area contributed by atoms with Gasteiger partial charge in [-0.1, -0.05) is 48.5 Å². The summed E-state index contributed by atoms with van der Waals surface area (Å²) in [6, 6.07) is 19.6. The van der Waals surface area contributed by atoms with E-state index >= 15 is 0 Å². The summed E-state index contributed by atoms with van der Waals surface area (Å²) in [5, 5.41) is 4.26. The van der Waals surface area contributed by atoms with Gasteiger partial charge in [0.2, 0.25) is 0 Å². The molecule has 2 aromatic carbocycles. The van der Waals surface area contributed by atoms with Crippen molar-refractivity contribution in [2.75, 3.05) is 4.90 Å². The van der Waals surface area contributed by atoms with Crippen molar-refractivity contribution >= 4 is 33.2 Å². The molecule has 0 unspecified atom stereocenters. The van der Waals surface area contributed by atoms with Crippen molar-refractivity contribution in [3.63, 3.8) is 0 Å². The number of hydrogen-bond acceptors (Lipinski definition) is 3. The summed E-state index contributed by atoms with van der Waals surface area (Å²) in [5.41, 5.74) is 2.89. The first kappa shape index (κ1) is 16.5. The number of amides is 1. The van der Waals surface area contributed by atoms with E-state index in [0.29, 0.717) is 17.8 Å². The van der Waals surface area contributed by atoms with Crippen LogP contribution in [0.15, 0.2) is 83.7 Å². The normalized spacial score (nSPS) is 10.8. The summed E-state index contributed by atoms with van der Waals surface area (Å²) in [6.45, 7) is 0.470. The molecule has 0 fully saturated rings. The maximum atomic E-state index is 13.3. The zero-order chi connectivity index (χ0) is 17.9. The Morgan fingerprint density at radius 2 is 1.69 bits per heavy atom. The first-order chi connectivity index (χ1) is 12.7. The Balaban J connectivity index is 1.76. The molecule has 0 atom stereocenters. The first-order valence-corrected chi connectivity index (χ1v) is 8.91. The second-order valence-electron chi connectivity index (χ2n) is 5.81. The Labute approximate surface area is 159 Å². The molecule has 6 heteroatoms. The molecule has 4 rings (SSSR count). The van der Waals surface area contributed by atoms with Gasteiger partial charge < -0.3 is 4.90 Å². The lowest BCUT2D eigenvalue weighted by molar-refractivity contribution is 0.0986. The van der Waals surface area contributed by atoms with E-state index in [9.17, 15) is 4.79 Å². The van der Waals surface area contributed by atoms with Gasteiger partial charge in [0, 0.05) is 18.1 Å². The summed E-state index contributed by atoms with van der Waals surface area (Å²) in [7, 11) is 0. The lowest BCUT2D eigenvalue weighted by Crippen LogP contribution is -2.30. The lowest BCUT2D eigenvalue weighted by Gasteiger charge is -2.22. The van der Waals surface area contributed by atoms with Gasteiger partial charge in [-0.25, -0.2) is 9.50 Å². The van der Waals surface area contributed by atoms with Crippen LogP contribution in [0, 0.1) is 0 Å². The van der Waals surface area contributed by atoms with Gasteiger partial charge in [-0.2, -0.15) is 5.10 Å². The molecule has 0 saturated heterocycles. The number of para-hydroxylation sites is 1. The smallest absolute Gasteiger partial charge is 0.264 e. The van der Waals surface area contributed by atoms with Crippen LogP contribution in [-0.4, -0.2) is 20.5 Å². The summed E-state index contributed by atoms with van der Waals surface area (Å²) < 4.78 is 2.40. The zero-order valence-electron chi connectivity index (χ0n) is 13.8. The molecule has 5 nitrogen and oxygen atoms in total. The van der Waals surface area contributed by atoms with Gasteiger partial charge in [0.15, 0.2) is 5.65 Å². The fourth-order valence-corrected chi connectivity index (χ4v) is 3.10.